The molecule has 0 saturated carbocycles. The van der Waals surface area contributed by atoms with Gasteiger partial charge in [0.25, 0.3) is 0 Å². The van der Waals surface area contributed by atoms with Crippen LogP contribution >= 0.6 is 0 Å². The summed E-state index contributed by atoms with van der Waals surface area (Å²) in [5, 5.41) is 0. The normalized spacial score (nSPS) is 10.4. The standard InChI is InChI=1S/C23H40O4/c1-4-7-8-9-10-11-12-13-14-15-16-19-26-22(24)17-18-23(25)27-20-21(5-2)6-3/h21H,4-14,17-20H2,1-3H3. The Hall–Kier alpha value is -1.50. The number of hydrogen-bond acceptors (Lipinski definition) is 4. The van der Waals surface area contributed by atoms with Crippen molar-refractivity contribution in [1.29, 1.82) is 0 Å². The highest BCUT2D eigenvalue weighted by atomic mass is 16.5. The number of hydrogen-bond donors (Lipinski definition) is 0. The molecule has 4 nitrogen and oxygen atoms in total. The number of carbonyl (C=O) groups is 2. The van der Waals surface area contributed by atoms with Gasteiger partial charge in [-0.1, -0.05) is 90.4 Å². The van der Waals surface area contributed by atoms with Gasteiger partial charge in [0.1, 0.15) is 0 Å². The summed E-state index contributed by atoms with van der Waals surface area (Å²) < 4.78 is 10.2. The van der Waals surface area contributed by atoms with Crippen molar-refractivity contribution in [3.8, 4) is 11.8 Å². The van der Waals surface area contributed by atoms with E-state index in [4.69, 9.17) is 9.47 Å². The molecule has 0 aromatic heterocycles. The van der Waals surface area contributed by atoms with Crippen LogP contribution in [0.1, 0.15) is 104 Å². The maximum atomic E-state index is 11.6. The summed E-state index contributed by atoms with van der Waals surface area (Å²) >= 11 is 0. The Morgan fingerprint density at radius 2 is 1.30 bits per heavy atom. The van der Waals surface area contributed by atoms with Gasteiger partial charge in [0.05, 0.1) is 19.4 Å². The lowest BCUT2D eigenvalue weighted by Gasteiger charge is -2.12. The Labute approximate surface area is 166 Å². The summed E-state index contributed by atoms with van der Waals surface area (Å²) in [4.78, 5) is 23.2. The highest BCUT2D eigenvalue weighted by Crippen LogP contribution is 2.09. The number of carbonyl (C=O) groups excluding carboxylic acids is 2. The van der Waals surface area contributed by atoms with Gasteiger partial charge in [-0.15, -0.1) is 0 Å². The van der Waals surface area contributed by atoms with E-state index < -0.39 is 5.97 Å². The summed E-state index contributed by atoms with van der Waals surface area (Å²) in [6.45, 7) is 6.94. The highest BCUT2D eigenvalue weighted by Gasteiger charge is 2.11. The monoisotopic (exact) mass is 380 g/mol. The van der Waals surface area contributed by atoms with Crippen LogP contribution in [-0.2, 0) is 19.1 Å². The first-order chi connectivity index (χ1) is 13.1. The van der Waals surface area contributed by atoms with E-state index in [-0.39, 0.29) is 25.4 Å². The molecular weight excluding hydrogens is 340 g/mol. The van der Waals surface area contributed by atoms with Crippen molar-refractivity contribution in [2.45, 2.75) is 104 Å². The number of rotatable bonds is 16. The van der Waals surface area contributed by atoms with Crippen molar-refractivity contribution < 1.29 is 19.1 Å². The van der Waals surface area contributed by atoms with Crippen molar-refractivity contribution in [3.63, 3.8) is 0 Å². The minimum atomic E-state index is -0.393. The number of esters is 2. The lowest BCUT2D eigenvalue weighted by molar-refractivity contribution is -0.150. The predicted octanol–water partition coefficient (Wildman–Crippen LogP) is 5.82. The van der Waals surface area contributed by atoms with Crippen LogP contribution in [0.4, 0.5) is 0 Å². The van der Waals surface area contributed by atoms with Crippen LogP contribution in [0.3, 0.4) is 0 Å². The van der Waals surface area contributed by atoms with E-state index in [1.165, 1.54) is 44.9 Å². The molecule has 0 aliphatic rings. The summed E-state index contributed by atoms with van der Waals surface area (Å²) in [6.07, 6.45) is 13.3. The van der Waals surface area contributed by atoms with E-state index in [1.54, 1.807) is 0 Å². The lowest BCUT2D eigenvalue weighted by Crippen LogP contribution is -2.15. The molecule has 0 amide bonds. The zero-order valence-corrected chi connectivity index (χ0v) is 17.8. The van der Waals surface area contributed by atoms with Gasteiger partial charge in [0.2, 0.25) is 0 Å². The maximum absolute atomic E-state index is 11.6. The first kappa shape index (κ1) is 25.5. The van der Waals surface area contributed by atoms with Gasteiger partial charge >= 0.3 is 11.9 Å². The molecule has 0 bridgehead atoms. The molecule has 0 atom stereocenters. The average molecular weight is 381 g/mol. The zero-order chi connectivity index (χ0) is 20.2. The SMILES string of the molecule is CCCCCCCCCCC#CCOC(=O)CCC(=O)OCC(CC)CC. The summed E-state index contributed by atoms with van der Waals surface area (Å²) in [5.41, 5.74) is 0. The fourth-order valence-electron chi connectivity index (χ4n) is 2.69. The third-order valence-corrected chi connectivity index (χ3v) is 4.75. The first-order valence-corrected chi connectivity index (χ1v) is 10.9. The first-order valence-electron chi connectivity index (χ1n) is 10.9. The molecule has 0 unspecified atom stereocenters. The largest absolute Gasteiger partial charge is 0.465 e. The highest BCUT2D eigenvalue weighted by molar-refractivity contribution is 5.77. The zero-order valence-electron chi connectivity index (χ0n) is 17.8. The fourth-order valence-corrected chi connectivity index (χ4v) is 2.69. The van der Waals surface area contributed by atoms with E-state index in [9.17, 15) is 9.59 Å². The van der Waals surface area contributed by atoms with Gasteiger partial charge < -0.3 is 9.47 Å². The van der Waals surface area contributed by atoms with Gasteiger partial charge in [0.15, 0.2) is 6.61 Å². The Kier molecular flexibility index (Phi) is 18.2. The Bertz CT molecular complexity index is 429. The molecule has 0 spiro atoms. The molecule has 0 aromatic rings. The summed E-state index contributed by atoms with van der Waals surface area (Å²) in [5.74, 6) is 5.59. The average Bonchev–Trinajstić information content (AvgIpc) is 2.68. The Balaban J connectivity index is 3.53. The van der Waals surface area contributed by atoms with Crippen LogP contribution < -0.4 is 0 Å². The van der Waals surface area contributed by atoms with E-state index in [0.29, 0.717) is 12.5 Å². The maximum Gasteiger partial charge on any atom is 0.307 e. The van der Waals surface area contributed by atoms with Gasteiger partial charge in [-0.05, 0) is 12.3 Å². The van der Waals surface area contributed by atoms with Crippen LogP contribution in [0.2, 0.25) is 0 Å². The van der Waals surface area contributed by atoms with Crippen LogP contribution in [0.5, 0.6) is 0 Å². The number of unbranched alkanes of at least 4 members (excludes halogenated alkanes) is 8. The van der Waals surface area contributed by atoms with Crippen LogP contribution in [0.25, 0.3) is 0 Å². The molecule has 0 radical (unpaired) electrons. The van der Waals surface area contributed by atoms with Gasteiger partial charge in [-0.3, -0.25) is 9.59 Å². The second kappa shape index (κ2) is 19.3. The third-order valence-electron chi connectivity index (χ3n) is 4.75. The van der Waals surface area contributed by atoms with Crippen molar-refractivity contribution >= 4 is 11.9 Å². The lowest BCUT2D eigenvalue weighted by atomic mass is 10.1. The molecule has 0 rings (SSSR count). The van der Waals surface area contributed by atoms with E-state index in [1.807, 2.05) is 0 Å². The van der Waals surface area contributed by atoms with Crippen LogP contribution in [0.15, 0.2) is 0 Å². The smallest absolute Gasteiger partial charge is 0.307 e. The van der Waals surface area contributed by atoms with E-state index >= 15 is 0 Å². The predicted molar refractivity (Wildman–Crippen MR) is 110 cm³/mol. The molecule has 0 heterocycles. The van der Waals surface area contributed by atoms with Crippen molar-refractivity contribution in [2.75, 3.05) is 13.2 Å². The molecule has 0 aromatic carbocycles. The molecule has 0 fully saturated rings. The summed E-state index contributed by atoms with van der Waals surface area (Å²) in [6, 6.07) is 0. The van der Waals surface area contributed by atoms with Crippen LogP contribution in [-0.4, -0.2) is 25.2 Å². The molecule has 0 N–H and O–H groups in total. The van der Waals surface area contributed by atoms with Crippen molar-refractivity contribution in [2.24, 2.45) is 5.92 Å². The quantitative estimate of drug-likeness (QED) is 0.192. The topological polar surface area (TPSA) is 52.6 Å². The fraction of sp³-hybridized carbons (Fsp3) is 0.826. The van der Waals surface area contributed by atoms with Gasteiger partial charge in [0, 0.05) is 6.42 Å². The summed E-state index contributed by atoms with van der Waals surface area (Å²) in [7, 11) is 0. The molecule has 0 aliphatic carbocycles. The van der Waals surface area contributed by atoms with Crippen molar-refractivity contribution in [3.05, 3.63) is 0 Å². The Morgan fingerprint density at radius 3 is 1.89 bits per heavy atom. The Morgan fingerprint density at radius 1 is 0.741 bits per heavy atom. The minimum Gasteiger partial charge on any atom is -0.465 e. The minimum absolute atomic E-state index is 0.0570. The van der Waals surface area contributed by atoms with Gasteiger partial charge in [-0.25, -0.2) is 0 Å². The number of ether oxygens (including phenoxy) is 2. The molecular formula is C23H40O4. The van der Waals surface area contributed by atoms with Crippen LogP contribution in [0, 0.1) is 17.8 Å². The second-order valence-corrected chi connectivity index (χ2v) is 7.10. The molecule has 0 saturated heterocycles. The van der Waals surface area contributed by atoms with E-state index in [2.05, 4.69) is 32.6 Å². The molecule has 0 aliphatic heterocycles. The molecule has 4 heteroatoms. The molecule has 156 valence electrons. The third kappa shape index (κ3) is 17.7. The van der Waals surface area contributed by atoms with E-state index in [0.717, 1.165) is 25.7 Å². The van der Waals surface area contributed by atoms with Crippen molar-refractivity contribution in [1.82, 2.24) is 0 Å². The van der Waals surface area contributed by atoms with Gasteiger partial charge in [-0.2, -0.15) is 0 Å². The molecule has 27 heavy (non-hydrogen) atoms. The second-order valence-electron chi connectivity index (χ2n) is 7.10.